The zero-order valence-corrected chi connectivity index (χ0v) is 17.6. The van der Waals surface area contributed by atoms with E-state index in [1.807, 2.05) is 61.1 Å². The van der Waals surface area contributed by atoms with Gasteiger partial charge in [-0.05, 0) is 60.0 Å². The molecule has 0 bridgehead atoms. The molecule has 0 fully saturated rings. The zero-order valence-electron chi connectivity index (χ0n) is 17.6. The van der Waals surface area contributed by atoms with Crippen LogP contribution in [0.1, 0.15) is 11.1 Å². The predicted octanol–water partition coefficient (Wildman–Crippen LogP) is 3.45. The Balaban J connectivity index is 1.39. The number of aryl methyl sites for hydroxylation is 1. The van der Waals surface area contributed by atoms with Crippen LogP contribution in [0.15, 0.2) is 84.2 Å². The molecule has 0 spiro atoms. The van der Waals surface area contributed by atoms with Crippen molar-refractivity contribution >= 4 is 10.9 Å². The molecule has 0 aliphatic heterocycles. The first-order chi connectivity index (χ1) is 15.2. The van der Waals surface area contributed by atoms with E-state index in [0.717, 1.165) is 42.7 Å². The second-order valence-corrected chi connectivity index (χ2v) is 7.54. The van der Waals surface area contributed by atoms with Crippen LogP contribution in [-0.2, 0) is 20.0 Å². The lowest BCUT2D eigenvalue weighted by Gasteiger charge is -2.22. The first-order valence-corrected chi connectivity index (χ1v) is 10.4. The van der Waals surface area contributed by atoms with Crippen LogP contribution in [0.2, 0.25) is 0 Å². The molecular formula is C25H26N4O2. The highest BCUT2D eigenvalue weighted by atomic mass is 16.5. The van der Waals surface area contributed by atoms with E-state index >= 15 is 0 Å². The molecule has 4 rings (SSSR count). The van der Waals surface area contributed by atoms with E-state index in [0.29, 0.717) is 6.61 Å². The lowest BCUT2D eigenvalue weighted by Crippen LogP contribution is -2.30. The Morgan fingerprint density at radius 3 is 2.61 bits per heavy atom. The zero-order chi connectivity index (χ0) is 21.5. The fourth-order valence-corrected chi connectivity index (χ4v) is 3.60. The average molecular weight is 415 g/mol. The van der Waals surface area contributed by atoms with Crippen molar-refractivity contribution in [3.63, 3.8) is 0 Å². The van der Waals surface area contributed by atoms with Gasteiger partial charge in [-0.2, -0.15) is 0 Å². The van der Waals surface area contributed by atoms with E-state index < -0.39 is 0 Å². The van der Waals surface area contributed by atoms with E-state index in [2.05, 4.69) is 20.9 Å². The van der Waals surface area contributed by atoms with Crippen LogP contribution in [0.25, 0.3) is 10.9 Å². The summed E-state index contributed by atoms with van der Waals surface area (Å²) >= 11 is 0. The minimum Gasteiger partial charge on any atom is -0.492 e. The second kappa shape index (κ2) is 10.00. The number of aromatic nitrogens is 3. The molecule has 1 aromatic carbocycles. The van der Waals surface area contributed by atoms with Crippen molar-refractivity contribution in [3.05, 3.63) is 101 Å². The van der Waals surface area contributed by atoms with Crippen molar-refractivity contribution in [1.29, 1.82) is 0 Å². The van der Waals surface area contributed by atoms with E-state index in [-0.39, 0.29) is 5.56 Å². The minimum atomic E-state index is -0.0125. The molecule has 3 aromatic heterocycles. The third-order valence-corrected chi connectivity index (χ3v) is 5.37. The lowest BCUT2D eigenvalue weighted by molar-refractivity contribution is 0.204. The third kappa shape index (κ3) is 5.55. The van der Waals surface area contributed by atoms with Gasteiger partial charge >= 0.3 is 0 Å². The number of hydrogen-bond donors (Lipinski definition) is 0. The quantitative estimate of drug-likeness (QED) is 0.420. The van der Waals surface area contributed by atoms with Gasteiger partial charge in [-0.3, -0.25) is 19.7 Å². The Bertz CT molecular complexity index is 1180. The summed E-state index contributed by atoms with van der Waals surface area (Å²) in [7, 11) is 1.78. The van der Waals surface area contributed by atoms with Gasteiger partial charge in [0.15, 0.2) is 0 Å². The number of fused-ring (bicyclic) bond motifs is 1. The van der Waals surface area contributed by atoms with Crippen LogP contribution < -0.4 is 10.3 Å². The summed E-state index contributed by atoms with van der Waals surface area (Å²) in [5, 5.41) is 0.991. The summed E-state index contributed by atoms with van der Waals surface area (Å²) in [6.45, 7) is 3.13. The van der Waals surface area contributed by atoms with Crippen molar-refractivity contribution in [2.75, 3.05) is 19.7 Å². The standard InChI is InChI=1S/C25H26N4O2/c1-28-24-6-5-23(17-22(24)4-7-25(28)30)31-16-15-29(19-21-8-12-26-13-9-21)14-10-20-3-2-11-27-18-20/h2-9,11-13,17-18H,10,14-16,19H2,1H3. The normalized spacial score (nSPS) is 11.2. The second-order valence-electron chi connectivity index (χ2n) is 7.54. The summed E-state index contributed by atoms with van der Waals surface area (Å²) in [5.74, 6) is 0.808. The lowest BCUT2D eigenvalue weighted by atomic mass is 10.2. The third-order valence-electron chi connectivity index (χ3n) is 5.37. The van der Waals surface area contributed by atoms with Gasteiger partial charge in [0.25, 0.3) is 5.56 Å². The molecular weight excluding hydrogens is 388 g/mol. The number of benzene rings is 1. The molecule has 0 aliphatic rings. The molecule has 6 heteroatoms. The molecule has 4 aromatic rings. The van der Waals surface area contributed by atoms with Gasteiger partial charge in [0.1, 0.15) is 12.4 Å². The largest absolute Gasteiger partial charge is 0.492 e. The molecule has 0 saturated carbocycles. The first-order valence-electron chi connectivity index (χ1n) is 10.4. The van der Waals surface area contributed by atoms with Gasteiger partial charge in [0, 0.05) is 62.9 Å². The molecule has 0 atom stereocenters. The maximum absolute atomic E-state index is 11.8. The highest BCUT2D eigenvalue weighted by Crippen LogP contribution is 2.19. The monoisotopic (exact) mass is 414 g/mol. The molecule has 0 saturated heterocycles. The number of nitrogens with zero attached hydrogens (tertiary/aromatic N) is 4. The maximum atomic E-state index is 11.8. The van der Waals surface area contributed by atoms with E-state index in [1.54, 1.807) is 23.9 Å². The Morgan fingerprint density at radius 2 is 1.81 bits per heavy atom. The Hall–Kier alpha value is -3.51. The van der Waals surface area contributed by atoms with Gasteiger partial charge in [-0.1, -0.05) is 6.07 Å². The van der Waals surface area contributed by atoms with Crippen LogP contribution in [0.5, 0.6) is 5.75 Å². The average Bonchev–Trinajstić information content (AvgIpc) is 2.81. The molecule has 3 heterocycles. The Kier molecular flexibility index (Phi) is 6.69. The van der Waals surface area contributed by atoms with Gasteiger partial charge in [0.05, 0.1) is 5.52 Å². The molecule has 0 unspecified atom stereocenters. The number of hydrogen-bond acceptors (Lipinski definition) is 5. The summed E-state index contributed by atoms with van der Waals surface area (Å²) < 4.78 is 7.70. The number of ether oxygens (including phenoxy) is 1. The van der Waals surface area contributed by atoms with Gasteiger partial charge in [0.2, 0.25) is 0 Å². The molecule has 158 valence electrons. The minimum absolute atomic E-state index is 0.0125. The SMILES string of the molecule is Cn1c(=O)ccc2cc(OCCN(CCc3cccnc3)Cc3ccncc3)ccc21. The van der Waals surface area contributed by atoms with Crippen molar-refractivity contribution in [2.24, 2.45) is 7.05 Å². The van der Waals surface area contributed by atoms with E-state index in [4.69, 9.17) is 4.74 Å². The topological polar surface area (TPSA) is 60.2 Å². The van der Waals surface area contributed by atoms with E-state index in [1.165, 1.54) is 11.1 Å². The van der Waals surface area contributed by atoms with Crippen LogP contribution in [0, 0.1) is 0 Å². The summed E-state index contributed by atoms with van der Waals surface area (Å²) in [4.78, 5) is 22.5. The molecule has 31 heavy (non-hydrogen) atoms. The fourth-order valence-electron chi connectivity index (χ4n) is 3.60. The predicted molar refractivity (Wildman–Crippen MR) is 122 cm³/mol. The highest BCUT2D eigenvalue weighted by molar-refractivity contribution is 5.80. The van der Waals surface area contributed by atoms with Gasteiger partial charge < -0.3 is 9.30 Å². The highest BCUT2D eigenvalue weighted by Gasteiger charge is 2.08. The number of rotatable bonds is 9. The van der Waals surface area contributed by atoms with Gasteiger partial charge in [-0.25, -0.2) is 0 Å². The fraction of sp³-hybridized carbons (Fsp3) is 0.240. The smallest absolute Gasteiger partial charge is 0.250 e. The van der Waals surface area contributed by atoms with E-state index in [9.17, 15) is 4.79 Å². The van der Waals surface area contributed by atoms with Crippen molar-refractivity contribution in [2.45, 2.75) is 13.0 Å². The molecule has 0 N–H and O–H groups in total. The van der Waals surface area contributed by atoms with Crippen LogP contribution >= 0.6 is 0 Å². The van der Waals surface area contributed by atoms with Crippen LogP contribution in [0.3, 0.4) is 0 Å². The van der Waals surface area contributed by atoms with Crippen molar-refractivity contribution in [3.8, 4) is 5.75 Å². The summed E-state index contributed by atoms with van der Waals surface area (Å²) in [6, 6.07) is 17.4. The molecule has 0 amide bonds. The summed E-state index contributed by atoms with van der Waals surface area (Å²) in [5.41, 5.74) is 3.34. The van der Waals surface area contributed by atoms with Crippen molar-refractivity contribution in [1.82, 2.24) is 19.4 Å². The van der Waals surface area contributed by atoms with Gasteiger partial charge in [-0.15, -0.1) is 0 Å². The molecule has 0 radical (unpaired) electrons. The van der Waals surface area contributed by atoms with Crippen LogP contribution in [0.4, 0.5) is 0 Å². The maximum Gasteiger partial charge on any atom is 0.250 e. The number of pyridine rings is 3. The Labute approximate surface area is 181 Å². The first kappa shape index (κ1) is 20.8. The van der Waals surface area contributed by atoms with Crippen LogP contribution in [-0.4, -0.2) is 39.1 Å². The van der Waals surface area contributed by atoms with Crippen molar-refractivity contribution < 1.29 is 4.74 Å². The summed E-state index contributed by atoms with van der Waals surface area (Å²) in [6.07, 6.45) is 8.31. The molecule has 6 nitrogen and oxygen atoms in total. The Morgan fingerprint density at radius 1 is 0.935 bits per heavy atom. The molecule has 0 aliphatic carbocycles.